The molecule has 0 aromatic heterocycles. The minimum Gasteiger partial charge on any atom is -0.497 e. The maximum Gasteiger partial charge on any atom is 0.118 e. The van der Waals surface area contributed by atoms with Crippen LogP contribution in [0.5, 0.6) is 5.75 Å². The summed E-state index contributed by atoms with van der Waals surface area (Å²) in [4.78, 5) is 0. The first-order valence-corrected chi connectivity index (χ1v) is 15.7. The monoisotopic (exact) mass is 556 g/mol. The molecule has 0 saturated carbocycles. The third kappa shape index (κ3) is 6.60. The first kappa shape index (κ1) is 28.8. The molecule has 41 heavy (non-hydrogen) atoms. The van der Waals surface area contributed by atoms with E-state index in [4.69, 9.17) is 4.74 Å². The summed E-state index contributed by atoms with van der Waals surface area (Å²) in [5.41, 5.74) is 8.01. The van der Waals surface area contributed by atoms with Gasteiger partial charge < -0.3 is 4.74 Å². The molecule has 0 amide bonds. The lowest BCUT2D eigenvalue weighted by atomic mass is 9.84. The van der Waals surface area contributed by atoms with E-state index >= 15 is 0 Å². The Bertz CT molecular complexity index is 1420. The standard InChI is InChI=1S/C39H40OS/c1-4-32(34-14-8-5-9-15-34)28-30(2)33-22-20-31(21-23-33)29-41-39(35-16-10-6-11-17-35,36-18-12-7-13-19-36)37-24-26-38(40-3)27-25-37/h5-27,30,32H,4,28-29H2,1-3H3. The zero-order chi connectivity index (χ0) is 28.5. The van der Waals surface area contributed by atoms with Crippen molar-refractivity contribution in [2.24, 2.45) is 0 Å². The zero-order valence-electron chi connectivity index (χ0n) is 24.4. The Morgan fingerprint density at radius 3 is 1.63 bits per heavy atom. The van der Waals surface area contributed by atoms with Crippen LogP contribution in [0.1, 0.15) is 71.9 Å². The maximum absolute atomic E-state index is 5.50. The molecule has 0 spiro atoms. The summed E-state index contributed by atoms with van der Waals surface area (Å²) in [6, 6.07) is 50.7. The van der Waals surface area contributed by atoms with E-state index in [0.717, 1.165) is 24.3 Å². The van der Waals surface area contributed by atoms with Crippen molar-refractivity contribution in [3.05, 3.63) is 173 Å². The molecule has 2 atom stereocenters. The van der Waals surface area contributed by atoms with Crippen molar-refractivity contribution in [1.82, 2.24) is 0 Å². The fourth-order valence-electron chi connectivity index (χ4n) is 5.88. The lowest BCUT2D eigenvalue weighted by Crippen LogP contribution is -2.25. The van der Waals surface area contributed by atoms with Crippen molar-refractivity contribution in [1.29, 1.82) is 0 Å². The molecule has 0 radical (unpaired) electrons. The molecule has 0 fully saturated rings. The third-order valence-corrected chi connectivity index (χ3v) is 9.88. The predicted octanol–water partition coefficient (Wildman–Crippen LogP) is 10.6. The average molecular weight is 557 g/mol. The van der Waals surface area contributed by atoms with Crippen LogP contribution in [-0.4, -0.2) is 7.11 Å². The lowest BCUT2D eigenvalue weighted by molar-refractivity contribution is 0.414. The molecule has 0 aliphatic carbocycles. The van der Waals surface area contributed by atoms with Crippen molar-refractivity contribution in [2.45, 2.75) is 49.0 Å². The zero-order valence-corrected chi connectivity index (χ0v) is 25.2. The Hall–Kier alpha value is -3.75. The highest BCUT2D eigenvalue weighted by atomic mass is 32.2. The summed E-state index contributed by atoms with van der Waals surface area (Å²) >= 11 is 1.98. The van der Waals surface area contributed by atoms with Crippen molar-refractivity contribution in [3.63, 3.8) is 0 Å². The molecule has 1 nitrogen and oxygen atoms in total. The van der Waals surface area contributed by atoms with Crippen LogP contribution < -0.4 is 4.74 Å². The van der Waals surface area contributed by atoms with Crippen LogP contribution in [0.25, 0.3) is 0 Å². The van der Waals surface area contributed by atoms with E-state index in [2.05, 4.69) is 153 Å². The van der Waals surface area contributed by atoms with Gasteiger partial charge in [-0.15, -0.1) is 11.8 Å². The summed E-state index contributed by atoms with van der Waals surface area (Å²) in [6.45, 7) is 4.67. The van der Waals surface area contributed by atoms with E-state index in [1.165, 1.54) is 33.4 Å². The Balaban J connectivity index is 1.42. The van der Waals surface area contributed by atoms with Crippen LogP contribution >= 0.6 is 11.8 Å². The normalized spacial score (nSPS) is 13.0. The quantitative estimate of drug-likeness (QED) is 0.141. The molecular formula is C39H40OS. The summed E-state index contributed by atoms with van der Waals surface area (Å²) in [5, 5.41) is 0. The van der Waals surface area contributed by atoms with Crippen molar-refractivity contribution in [3.8, 4) is 5.75 Å². The molecule has 0 saturated heterocycles. The van der Waals surface area contributed by atoms with Crippen LogP contribution in [0.2, 0.25) is 0 Å². The van der Waals surface area contributed by atoms with Gasteiger partial charge in [-0.1, -0.05) is 141 Å². The number of rotatable bonds is 12. The Morgan fingerprint density at radius 2 is 1.12 bits per heavy atom. The van der Waals surface area contributed by atoms with Crippen molar-refractivity contribution >= 4 is 11.8 Å². The number of benzene rings is 5. The smallest absolute Gasteiger partial charge is 0.118 e. The number of hydrogen-bond acceptors (Lipinski definition) is 2. The summed E-state index contributed by atoms with van der Waals surface area (Å²) in [5.74, 6) is 2.86. The Kier molecular flexibility index (Phi) is 9.64. The van der Waals surface area contributed by atoms with E-state index < -0.39 is 0 Å². The molecule has 5 aromatic rings. The number of ether oxygens (including phenoxy) is 1. The molecule has 208 valence electrons. The minimum absolute atomic E-state index is 0.356. The Morgan fingerprint density at radius 1 is 0.610 bits per heavy atom. The summed E-state index contributed by atoms with van der Waals surface area (Å²) < 4.78 is 5.15. The van der Waals surface area contributed by atoms with Gasteiger partial charge >= 0.3 is 0 Å². The fourth-order valence-corrected chi connectivity index (χ4v) is 7.37. The van der Waals surface area contributed by atoms with Gasteiger partial charge in [-0.2, -0.15) is 0 Å². The van der Waals surface area contributed by atoms with Crippen LogP contribution in [0.15, 0.2) is 140 Å². The van der Waals surface area contributed by atoms with Crippen LogP contribution in [0.4, 0.5) is 0 Å². The Labute approximate surface area is 250 Å². The highest BCUT2D eigenvalue weighted by molar-refractivity contribution is 7.99. The van der Waals surface area contributed by atoms with Crippen LogP contribution in [-0.2, 0) is 10.5 Å². The highest BCUT2D eigenvalue weighted by Crippen LogP contribution is 2.50. The number of hydrogen-bond donors (Lipinski definition) is 0. The minimum atomic E-state index is -0.356. The third-order valence-electron chi connectivity index (χ3n) is 8.26. The number of thioether (sulfide) groups is 1. The second-order valence-electron chi connectivity index (χ2n) is 10.8. The molecule has 0 heterocycles. The first-order valence-electron chi connectivity index (χ1n) is 14.7. The van der Waals surface area contributed by atoms with Gasteiger partial charge in [0.05, 0.1) is 11.9 Å². The van der Waals surface area contributed by atoms with E-state index in [0.29, 0.717) is 11.8 Å². The molecular weight excluding hydrogens is 516 g/mol. The van der Waals surface area contributed by atoms with E-state index in [9.17, 15) is 0 Å². The molecule has 0 aliphatic heterocycles. The van der Waals surface area contributed by atoms with Crippen molar-refractivity contribution < 1.29 is 4.74 Å². The van der Waals surface area contributed by atoms with Gasteiger partial charge in [-0.05, 0) is 70.2 Å². The maximum atomic E-state index is 5.50. The SMILES string of the molecule is CCC(CC(C)c1ccc(CSC(c2ccccc2)(c2ccccc2)c2ccc(OC)cc2)cc1)c1ccccc1. The van der Waals surface area contributed by atoms with Gasteiger partial charge in [0.25, 0.3) is 0 Å². The molecule has 0 bridgehead atoms. The predicted molar refractivity (Wildman–Crippen MR) is 176 cm³/mol. The molecule has 5 aromatic carbocycles. The largest absolute Gasteiger partial charge is 0.497 e. The van der Waals surface area contributed by atoms with Gasteiger partial charge in [0, 0.05) is 5.75 Å². The van der Waals surface area contributed by atoms with E-state index in [-0.39, 0.29) is 4.75 Å². The molecule has 5 rings (SSSR count). The second kappa shape index (κ2) is 13.7. The van der Waals surface area contributed by atoms with Gasteiger partial charge in [-0.3, -0.25) is 0 Å². The molecule has 0 aliphatic rings. The van der Waals surface area contributed by atoms with Gasteiger partial charge in [-0.25, -0.2) is 0 Å². The van der Waals surface area contributed by atoms with Crippen molar-refractivity contribution in [2.75, 3.05) is 7.11 Å². The van der Waals surface area contributed by atoms with Crippen LogP contribution in [0, 0.1) is 0 Å². The first-order chi connectivity index (χ1) is 20.1. The summed E-state index contributed by atoms with van der Waals surface area (Å²) in [6.07, 6.45) is 2.33. The highest BCUT2D eigenvalue weighted by Gasteiger charge is 2.37. The summed E-state index contributed by atoms with van der Waals surface area (Å²) in [7, 11) is 1.72. The van der Waals surface area contributed by atoms with Gasteiger partial charge in [0.15, 0.2) is 0 Å². The number of methoxy groups -OCH3 is 1. The van der Waals surface area contributed by atoms with Crippen LogP contribution in [0.3, 0.4) is 0 Å². The van der Waals surface area contributed by atoms with Gasteiger partial charge in [0.2, 0.25) is 0 Å². The molecule has 2 heteroatoms. The average Bonchev–Trinajstić information content (AvgIpc) is 3.06. The second-order valence-corrected chi connectivity index (χ2v) is 12.0. The molecule has 0 N–H and O–H groups in total. The molecule has 2 unspecified atom stereocenters. The van der Waals surface area contributed by atoms with E-state index in [1.54, 1.807) is 7.11 Å². The van der Waals surface area contributed by atoms with Gasteiger partial charge in [0.1, 0.15) is 5.75 Å². The lowest BCUT2D eigenvalue weighted by Gasteiger charge is -2.35. The van der Waals surface area contributed by atoms with E-state index in [1.807, 2.05) is 11.8 Å². The fraction of sp³-hybridized carbons (Fsp3) is 0.231. The topological polar surface area (TPSA) is 9.23 Å².